The van der Waals surface area contributed by atoms with E-state index in [0.717, 1.165) is 18.8 Å². The maximum absolute atomic E-state index is 9.36. The molecule has 0 unspecified atom stereocenters. The van der Waals surface area contributed by atoms with Gasteiger partial charge in [0, 0.05) is 18.6 Å². The van der Waals surface area contributed by atoms with Gasteiger partial charge in [-0.2, -0.15) is 0 Å². The topological polar surface area (TPSA) is 44.7 Å². The zero-order chi connectivity index (χ0) is 14.3. The second-order valence-electron chi connectivity index (χ2n) is 7.70. The molecule has 0 spiro atoms. The Hall–Kier alpha value is -0.160. The SMILES string of the molecule is OC1CC(OC2CCN(C3(C4CCNCC4)CC3)CC2)C1. The molecule has 4 heteroatoms. The van der Waals surface area contributed by atoms with Gasteiger partial charge >= 0.3 is 0 Å². The number of nitrogens with zero attached hydrogens (tertiary/aromatic N) is 1. The fourth-order valence-electron chi connectivity index (χ4n) is 4.83. The van der Waals surface area contributed by atoms with Crippen molar-refractivity contribution in [2.75, 3.05) is 26.2 Å². The molecule has 4 rings (SSSR count). The van der Waals surface area contributed by atoms with E-state index in [0.29, 0.717) is 17.7 Å². The Morgan fingerprint density at radius 1 is 0.952 bits per heavy atom. The fourth-order valence-corrected chi connectivity index (χ4v) is 4.83. The monoisotopic (exact) mass is 294 g/mol. The molecular weight excluding hydrogens is 264 g/mol. The highest BCUT2D eigenvalue weighted by Crippen LogP contribution is 2.51. The molecule has 2 saturated heterocycles. The first kappa shape index (κ1) is 14.4. The summed E-state index contributed by atoms with van der Waals surface area (Å²) in [6.07, 6.45) is 10.4. The summed E-state index contributed by atoms with van der Waals surface area (Å²) in [5.41, 5.74) is 0.569. The number of hydrogen-bond acceptors (Lipinski definition) is 4. The van der Waals surface area contributed by atoms with Gasteiger partial charge in [-0.25, -0.2) is 0 Å². The van der Waals surface area contributed by atoms with Crippen LogP contribution in [-0.4, -0.2) is 60.0 Å². The Bertz CT molecular complexity index is 352. The van der Waals surface area contributed by atoms with Crippen LogP contribution in [0.25, 0.3) is 0 Å². The van der Waals surface area contributed by atoms with E-state index in [9.17, 15) is 5.11 Å². The van der Waals surface area contributed by atoms with E-state index in [1.54, 1.807) is 0 Å². The number of piperidine rings is 2. The molecule has 2 heterocycles. The van der Waals surface area contributed by atoms with E-state index in [1.165, 1.54) is 64.7 Å². The van der Waals surface area contributed by atoms with Crippen molar-refractivity contribution in [3.63, 3.8) is 0 Å². The minimum atomic E-state index is -0.0928. The summed E-state index contributed by atoms with van der Waals surface area (Å²) >= 11 is 0. The van der Waals surface area contributed by atoms with Crippen LogP contribution in [0.2, 0.25) is 0 Å². The van der Waals surface area contributed by atoms with Crippen LogP contribution in [0.15, 0.2) is 0 Å². The van der Waals surface area contributed by atoms with Crippen LogP contribution in [0.3, 0.4) is 0 Å². The Morgan fingerprint density at radius 2 is 1.62 bits per heavy atom. The molecule has 0 aromatic carbocycles. The fraction of sp³-hybridized carbons (Fsp3) is 1.00. The van der Waals surface area contributed by atoms with E-state index < -0.39 is 0 Å². The standard InChI is InChI=1S/C17H30N2O2/c20-14-11-16(12-14)21-15-3-9-19(10-4-15)17(5-6-17)13-1-7-18-8-2-13/h13-16,18,20H,1-12H2. The quantitative estimate of drug-likeness (QED) is 0.825. The van der Waals surface area contributed by atoms with Crippen molar-refractivity contribution in [2.45, 2.75) is 75.2 Å². The first-order valence-electron chi connectivity index (χ1n) is 9.05. The third-order valence-electron chi connectivity index (χ3n) is 6.39. The molecule has 4 aliphatic rings. The zero-order valence-electron chi connectivity index (χ0n) is 13.1. The number of ether oxygens (including phenoxy) is 1. The maximum Gasteiger partial charge on any atom is 0.0628 e. The molecule has 0 amide bonds. The van der Waals surface area contributed by atoms with Gasteiger partial charge in [0.05, 0.1) is 18.3 Å². The number of hydrogen-bond donors (Lipinski definition) is 2. The van der Waals surface area contributed by atoms with Crippen molar-refractivity contribution in [1.29, 1.82) is 0 Å². The molecule has 120 valence electrons. The summed E-state index contributed by atoms with van der Waals surface area (Å²) in [5, 5.41) is 12.9. The largest absolute Gasteiger partial charge is 0.393 e. The highest BCUT2D eigenvalue weighted by atomic mass is 16.5. The summed E-state index contributed by atoms with van der Waals surface area (Å²) in [6, 6.07) is 0. The van der Waals surface area contributed by atoms with E-state index in [-0.39, 0.29) is 6.10 Å². The number of likely N-dealkylation sites (tertiary alicyclic amines) is 1. The van der Waals surface area contributed by atoms with Gasteiger partial charge in [0.15, 0.2) is 0 Å². The number of aliphatic hydroxyl groups is 1. The van der Waals surface area contributed by atoms with Gasteiger partial charge in [-0.3, -0.25) is 4.90 Å². The lowest BCUT2D eigenvalue weighted by Gasteiger charge is -2.44. The van der Waals surface area contributed by atoms with E-state index in [2.05, 4.69) is 10.2 Å². The molecule has 2 aliphatic heterocycles. The Balaban J connectivity index is 1.27. The molecule has 2 aliphatic carbocycles. The predicted octanol–water partition coefficient (Wildman–Crippen LogP) is 1.52. The molecule has 4 fully saturated rings. The second kappa shape index (κ2) is 5.80. The van der Waals surface area contributed by atoms with Crippen molar-refractivity contribution in [2.24, 2.45) is 5.92 Å². The Labute approximate surface area is 128 Å². The van der Waals surface area contributed by atoms with Crippen LogP contribution in [0.5, 0.6) is 0 Å². The van der Waals surface area contributed by atoms with Crippen molar-refractivity contribution in [1.82, 2.24) is 10.2 Å². The lowest BCUT2D eigenvalue weighted by molar-refractivity contribution is -0.120. The molecular formula is C17H30N2O2. The number of aliphatic hydroxyl groups excluding tert-OH is 1. The van der Waals surface area contributed by atoms with Crippen molar-refractivity contribution in [3.05, 3.63) is 0 Å². The summed E-state index contributed by atoms with van der Waals surface area (Å²) in [7, 11) is 0. The first-order chi connectivity index (χ1) is 10.3. The minimum Gasteiger partial charge on any atom is -0.393 e. The third-order valence-corrected chi connectivity index (χ3v) is 6.39. The maximum atomic E-state index is 9.36. The van der Waals surface area contributed by atoms with Gasteiger partial charge < -0.3 is 15.2 Å². The molecule has 21 heavy (non-hydrogen) atoms. The first-order valence-corrected chi connectivity index (χ1v) is 9.05. The van der Waals surface area contributed by atoms with Crippen molar-refractivity contribution in [3.8, 4) is 0 Å². The normalized spacial score (nSPS) is 38.1. The summed E-state index contributed by atoms with van der Waals surface area (Å²) < 4.78 is 6.13. The predicted molar refractivity (Wildman–Crippen MR) is 82.3 cm³/mol. The van der Waals surface area contributed by atoms with Crippen LogP contribution in [0, 0.1) is 5.92 Å². The van der Waals surface area contributed by atoms with Crippen LogP contribution >= 0.6 is 0 Å². The van der Waals surface area contributed by atoms with Gasteiger partial charge in [-0.15, -0.1) is 0 Å². The lowest BCUT2D eigenvalue weighted by atomic mass is 9.85. The van der Waals surface area contributed by atoms with E-state index in [4.69, 9.17) is 4.74 Å². The van der Waals surface area contributed by atoms with Gasteiger partial charge in [0.2, 0.25) is 0 Å². The molecule has 2 N–H and O–H groups in total. The Morgan fingerprint density at radius 3 is 2.19 bits per heavy atom. The van der Waals surface area contributed by atoms with Gasteiger partial charge in [-0.05, 0) is 70.4 Å². The average Bonchev–Trinajstić information content (AvgIpc) is 3.29. The van der Waals surface area contributed by atoms with Crippen LogP contribution in [-0.2, 0) is 4.74 Å². The summed E-state index contributed by atoms with van der Waals surface area (Å²) in [6.45, 7) is 4.89. The molecule has 0 atom stereocenters. The van der Waals surface area contributed by atoms with Gasteiger partial charge in [0.25, 0.3) is 0 Å². The van der Waals surface area contributed by atoms with Gasteiger partial charge in [-0.1, -0.05) is 0 Å². The molecule has 0 radical (unpaired) electrons. The highest BCUT2D eigenvalue weighted by Gasteiger charge is 2.53. The van der Waals surface area contributed by atoms with Crippen LogP contribution in [0.4, 0.5) is 0 Å². The van der Waals surface area contributed by atoms with E-state index >= 15 is 0 Å². The Kier molecular flexibility index (Phi) is 3.99. The van der Waals surface area contributed by atoms with Gasteiger partial charge in [0.1, 0.15) is 0 Å². The molecule has 0 aromatic rings. The van der Waals surface area contributed by atoms with Crippen LogP contribution < -0.4 is 5.32 Å². The van der Waals surface area contributed by atoms with Crippen LogP contribution in [0.1, 0.15) is 51.4 Å². The second-order valence-corrected chi connectivity index (χ2v) is 7.70. The van der Waals surface area contributed by atoms with E-state index in [1.807, 2.05) is 0 Å². The number of rotatable bonds is 4. The molecule has 0 aromatic heterocycles. The zero-order valence-corrected chi connectivity index (χ0v) is 13.1. The third kappa shape index (κ3) is 2.88. The highest BCUT2D eigenvalue weighted by molar-refractivity contribution is 5.09. The van der Waals surface area contributed by atoms with Crippen molar-refractivity contribution < 1.29 is 9.84 Å². The summed E-state index contributed by atoms with van der Waals surface area (Å²) in [5.74, 6) is 0.929. The molecule has 0 bridgehead atoms. The lowest BCUT2D eigenvalue weighted by Crippen LogP contribution is -2.51. The summed E-state index contributed by atoms with van der Waals surface area (Å²) in [4.78, 5) is 2.80. The average molecular weight is 294 g/mol. The number of nitrogens with one attached hydrogen (secondary N) is 1. The smallest absolute Gasteiger partial charge is 0.0628 e. The van der Waals surface area contributed by atoms with Crippen molar-refractivity contribution >= 4 is 0 Å². The molecule has 2 saturated carbocycles. The molecule has 4 nitrogen and oxygen atoms in total. The minimum absolute atomic E-state index is 0.0928.